The monoisotopic (exact) mass is 703 g/mol. The van der Waals surface area contributed by atoms with Gasteiger partial charge in [0.05, 0.1) is 12.6 Å². The van der Waals surface area contributed by atoms with Crippen LogP contribution in [0.3, 0.4) is 0 Å². The molecular weight excluding hydrogens is 650 g/mol. The van der Waals surface area contributed by atoms with E-state index in [-0.39, 0.29) is 30.6 Å². The van der Waals surface area contributed by atoms with Crippen LogP contribution < -0.4 is 32.3 Å². The zero-order valence-electron chi connectivity index (χ0n) is 29.7. The number of rotatable bonds is 18. The molecule has 1 heterocycles. The smallest absolute Gasteiger partial charge is 0.326 e. The Bertz CT molecular complexity index is 1370. The highest BCUT2D eigenvalue weighted by molar-refractivity contribution is 5.96. The summed E-state index contributed by atoms with van der Waals surface area (Å²) in [5.74, 6) is -5.60. The van der Waals surface area contributed by atoms with E-state index in [1.807, 2.05) is 13.8 Å². The minimum Gasteiger partial charge on any atom is -0.508 e. The Hall–Kier alpha value is -4.73. The Balaban J connectivity index is 2.23. The largest absolute Gasteiger partial charge is 0.508 e. The predicted octanol–water partition coefficient (Wildman–Crippen LogP) is -0.475. The second-order valence-corrected chi connectivity index (χ2v) is 13.0. The predicted molar refractivity (Wildman–Crippen MR) is 183 cm³/mol. The molecule has 16 nitrogen and oxygen atoms in total. The van der Waals surface area contributed by atoms with Gasteiger partial charge < -0.3 is 47.4 Å². The first kappa shape index (κ1) is 41.4. The van der Waals surface area contributed by atoms with Crippen LogP contribution in [-0.4, -0.2) is 106 Å². The van der Waals surface area contributed by atoms with Crippen molar-refractivity contribution >= 4 is 41.4 Å². The lowest BCUT2D eigenvalue weighted by Gasteiger charge is -2.30. The van der Waals surface area contributed by atoms with Crippen molar-refractivity contribution in [2.75, 3.05) is 13.1 Å². The molecule has 0 saturated carbocycles. The van der Waals surface area contributed by atoms with Gasteiger partial charge in [0.1, 0.15) is 36.0 Å². The van der Waals surface area contributed by atoms with Crippen molar-refractivity contribution in [2.45, 2.75) is 110 Å². The topological polar surface area (TPSA) is 249 Å². The van der Waals surface area contributed by atoms with Gasteiger partial charge in [-0.1, -0.05) is 52.7 Å². The van der Waals surface area contributed by atoms with Gasteiger partial charge >= 0.3 is 5.97 Å². The average molecular weight is 704 g/mol. The standard InChI is InChI=1S/C34H53N7O9/c1-7-18(3)27(39-26(43)17-36-29(44)20(5)35)32(47)38-24(16-22-11-13-23(42)14-12-22)30(45)37-21(6)33(48)41-15-9-10-25(41)31(46)40-28(34(49)50)19(4)8-2/h11-14,18-21,24-25,27-28,42H,7-10,15-17,35H2,1-6H3,(H,36,44)(H,37,45)(H,38,47)(H,39,43)(H,40,46)(H,49,50)/t18-,19-,20-,21-,24-,25-,27-,28-/m0/s1. The van der Waals surface area contributed by atoms with E-state index in [2.05, 4.69) is 26.6 Å². The van der Waals surface area contributed by atoms with E-state index in [4.69, 9.17) is 5.73 Å². The van der Waals surface area contributed by atoms with Crippen LogP contribution in [0.5, 0.6) is 5.75 Å². The van der Waals surface area contributed by atoms with Gasteiger partial charge in [-0.05, 0) is 56.2 Å². The van der Waals surface area contributed by atoms with E-state index in [0.717, 1.165) is 0 Å². The third kappa shape index (κ3) is 12.0. The van der Waals surface area contributed by atoms with Gasteiger partial charge in [-0.25, -0.2) is 4.79 Å². The first-order valence-electron chi connectivity index (χ1n) is 17.0. The summed E-state index contributed by atoms with van der Waals surface area (Å²) in [6.45, 7) is 9.81. The number of carbonyl (C=O) groups excluding carboxylic acids is 6. The Morgan fingerprint density at radius 3 is 2.00 bits per heavy atom. The first-order chi connectivity index (χ1) is 23.5. The molecule has 8 atom stereocenters. The molecular formula is C34H53N7O9. The van der Waals surface area contributed by atoms with Crippen LogP contribution in [0.1, 0.15) is 72.8 Å². The number of nitrogens with two attached hydrogens (primary N) is 1. The summed E-state index contributed by atoms with van der Waals surface area (Å²) in [4.78, 5) is 91.6. The number of carboxylic acid groups (broad SMARTS) is 1. The zero-order valence-corrected chi connectivity index (χ0v) is 29.7. The van der Waals surface area contributed by atoms with E-state index in [1.165, 1.54) is 30.9 Å². The molecule has 0 radical (unpaired) electrons. The summed E-state index contributed by atoms with van der Waals surface area (Å²) in [7, 11) is 0. The van der Waals surface area contributed by atoms with E-state index >= 15 is 0 Å². The molecule has 0 spiro atoms. The summed E-state index contributed by atoms with van der Waals surface area (Å²) in [5, 5.41) is 32.2. The van der Waals surface area contributed by atoms with Crippen LogP contribution in [0.15, 0.2) is 24.3 Å². The van der Waals surface area contributed by atoms with E-state index in [9.17, 15) is 43.8 Å². The highest BCUT2D eigenvalue weighted by Gasteiger charge is 2.39. The van der Waals surface area contributed by atoms with Gasteiger partial charge in [0.2, 0.25) is 35.4 Å². The summed E-state index contributed by atoms with van der Waals surface area (Å²) < 4.78 is 0. The van der Waals surface area contributed by atoms with Gasteiger partial charge in [0.25, 0.3) is 0 Å². The van der Waals surface area contributed by atoms with Crippen LogP contribution >= 0.6 is 0 Å². The molecule has 0 unspecified atom stereocenters. The highest BCUT2D eigenvalue weighted by atomic mass is 16.4. The molecule has 9 N–H and O–H groups in total. The van der Waals surface area contributed by atoms with Crippen LogP contribution in [0.4, 0.5) is 0 Å². The maximum Gasteiger partial charge on any atom is 0.326 e. The second kappa shape index (κ2) is 19.5. The van der Waals surface area contributed by atoms with E-state index in [1.54, 1.807) is 26.0 Å². The number of nitrogens with zero attached hydrogens (tertiary/aromatic N) is 1. The third-order valence-electron chi connectivity index (χ3n) is 9.00. The summed E-state index contributed by atoms with van der Waals surface area (Å²) in [6, 6.07) is -0.323. The average Bonchev–Trinajstić information content (AvgIpc) is 3.57. The number of carbonyl (C=O) groups is 7. The molecule has 1 aromatic carbocycles. The number of likely N-dealkylation sites (tertiary alicyclic amines) is 1. The number of phenolic OH excluding ortho intramolecular Hbond substituents is 1. The van der Waals surface area contributed by atoms with Crippen molar-refractivity contribution < 1.29 is 43.8 Å². The Labute approximate surface area is 292 Å². The summed E-state index contributed by atoms with van der Waals surface area (Å²) >= 11 is 0. The highest BCUT2D eigenvalue weighted by Crippen LogP contribution is 2.20. The van der Waals surface area contributed by atoms with Crippen LogP contribution in [0.2, 0.25) is 0 Å². The fraction of sp³-hybridized carbons (Fsp3) is 0.618. The minimum absolute atomic E-state index is 0.00305. The lowest BCUT2D eigenvalue weighted by Crippen LogP contribution is -2.59. The fourth-order valence-electron chi connectivity index (χ4n) is 5.45. The SMILES string of the molecule is CC[C@H](C)[C@H](NC(=O)[C@@H]1CCCN1C(=O)[C@H](C)NC(=O)[C@H](Cc1ccc(O)cc1)NC(=O)[C@@H](NC(=O)CNC(=O)[C@H](C)N)[C@@H](C)CC)C(=O)O. The molecule has 2 rings (SSSR count). The van der Waals surface area contributed by atoms with E-state index < -0.39 is 84.2 Å². The van der Waals surface area contributed by atoms with Gasteiger partial charge in [-0.15, -0.1) is 0 Å². The number of amides is 6. The maximum atomic E-state index is 13.7. The number of benzene rings is 1. The lowest BCUT2D eigenvalue weighted by atomic mass is 9.97. The minimum atomic E-state index is -1.23. The van der Waals surface area contributed by atoms with Crippen LogP contribution in [0, 0.1) is 11.8 Å². The molecule has 0 aromatic heterocycles. The number of aromatic hydroxyl groups is 1. The molecule has 50 heavy (non-hydrogen) atoms. The van der Waals surface area contributed by atoms with Gasteiger partial charge in [0, 0.05) is 13.0 Å². The normalized spacial score (nSPS) is 18.3. The van der Waals surface area contributed by atoms with Crippen molar-refractivity contribution in [3.8, 4) is 5.75 Å². The van der Waals surface area contributed by atoms with Crippen molar-refractivity contribution in [3.05, 3.63) is 29.8 Å². The molecule has 6 amide bonds. The van der Waals surface area contributed by atoms with Crippen molar-refractivity contribution in [2.24, 2.45) is 17.6 Å². The Morgan fingerprint density at radius 2 is 1.44 bits per heavy atom. The van der Waals surface area contributed by atoms with E-state index in [0.29, 0.717) is 31.2 Å². The van der Waals surface area contributed by atoms with Crippen molar-refractivity contribution in [1.82, 2.24) is 31.5 Å². The molecule has 1 aliphatic rings. The maximum absolute atomic E-state index is 13.7. The lowest BCUT2D eigenvalue weighted by molar-refractivity contribution is -0.146. The second-order valence-electron chi connectivity index (χ2n) is 13.0. The first-order valence-corrected chi connectivity index (χ1v) is 17.0. The third-order valence-corrected chi connectivity index (χ3v) is 9.00. The number of carboxylic acids is 1. The van der Waals surface area contributed by atoms with Crippen molar-refractivity contribution in [3.63, 3.8) is 0 Å². The molecule has 1 aromatic rings. The quantitative estimate of drug-likeness (QED) is 0.0976. The Morgan fingerprint density at radius 1 is 0.840 bits per heavy atom. The molecule has 0 bridgehead atoms. The summed E-state index contributed by atoms with van der Waals surface area (Å²) in [6.07, 6.45) is 1.79. The molecule has 0 aliphatic carbocycles. The number of phenols is 1. The molecule has 1 aliphatic heterocycles. The number of hydrogen-bond donors (Lipinski definition) is 8. The molecule has 278 valence electrons. The fourth-order valence-corrected chi connectivity index (χ4v) is 5.45. The number of hydrogen-bond acceptors (Lipinski definition) is 9. The van der Waals surface area contributed by atoms with Gasteiger partial charge in [0.15, 0.2) is 0 Å². The summed E-state index contributed by atoms with van der Waals surface area (Å²) in [5.41, 5.74) is 6.10. The number of aliphatic carboxylic acids is 1. The van der Waals surface area contributed by atoms with Crippen molar-refractivity contribution in [1.29, 1.82) is 0 Å². The Kier molecular flexibility index (Phi) is 16.1. The zero-order chi connectivity index (χ0) is 37.7. The van der Waals surface area contributed by atoms with Gasteiger partial charge in [-0.2, -0.15) is 0 Å². The molecule has 16 heteroatoms. The van der Waals surface area contributed by atoms with Crippen LogP contribution in [0.25, 0.3) is 0 Å². The van der Waals surface area contributed by atoms with Crippen LogP contribution in [-0.2, 0) is 40.0 Å². The molecule has 1 fully saturated rings. The number of nitrogens with one attached hydrogen (secondary N) is 5. The van der Waals surface area contributed by atoms with Gasteiger partial charge in [-0.3, -0.25) is 28.8 Å². The molecule has 1 saturated heterocycles.